The molecule has 0 fully saturated rings. The van der Waals surface area contributed by atoms with Gasteiger partial charge in [0.25, 0.3) is 0 Å². The molecule has 0 aliphatic carbocycles. The first-order valence-electron chi connectivity index (χ1n) is 3.95. The maximum absolute atomic E-state index is 11.1. The van der Waals surface area contributed by atoms with Crippen molar-refractivity contribution in [1.29, 1.82) is 0 Å². The largest absolute Gasteiger partial charge is 0.326 e. The minimum atomic E-state index is 0.0825. The van der Waals surface area contributed by atoms with Gasteiger partial charge in [-0.15, -0.1) is 0 Å². The lowest BCUT2D eigenvalue weighted by molar-refractivity contribution is 0.101. The topological polar surface area (TPSA) is 43.1 Å². The predicted molar refractivity (Wildman–Crippen MR) is 49.1 cm³/mol. The Kier molecular flexibility index (Phi) is 2.61. The number of nitrogens with two attached hydrogens (primary N) is 1. The quantitative estimate of drug-likeness (QED) is 0.674. The van der Waals surface area contributed by atoms with Crippen molar-refractivity contribution in [2.45, 2.75) is 20.4 Å². The van der Waals surface area contributed by atoms with Crippen molar-refractivity contribution in [1.82, 2.24) is 0 Å². The van der Waals surface area contributed by atoms with E-state index in [2.05, 4.69) is 0 Å². The summed E-state index contributed by atoms with van der Waals surface area (Å²) < 4.78 is 0. The van der Waals surface area contributed by atoms with Crippen molar-refractivity contribution < 1.29 is 4.79 Å². The van der Waals surface area contributed by atoms with E-state index in [-0.39, 0.29) is 5.78 Å². The van der Waals surface area contributed by atoms with Crippen LogP contribution in [-0.4, -0.2) is 5.78 Å². The number of ketones is 1. The smallest absolute Gasteiger partial charge is 0.160 e. The van der Waals surface area contributed by atoms with Gasteiger partial charge < -0.3 is 5.73 Å². The van der Waals surface area contributed by atoms with Crippen molar-refractivity contribution >= 4 is 5.78 Å². The van der Waals surface area contributed by atoms with Gasteiger partial charge in [-0.1, -0.05) is 17.7 Å². The number of carbonyl (C=O) groups excluding carboxylic acids is 1. The number of Topliss-reactive ketones (excluding diaryl/α,β-unsaturated/α-hetero) is 1. The molecule has 0 aliphatic heterocycles. The molecule has 0 atom stereocenters. The number of hydrogen-bond acceptors (Lipinski definition) is 2. The van der Waals surface area contributed by atoms with Crippen LogP contribution in [0.2, 0.25) is 0 Å². The van der Waals surface area contributed by atoms with Crippen LogP contribution in [-0.2, 0) is 6.54 Å². The molecule has 0 bridgehead atoms. The molecule has 0 radical (unpaired) electrons. The van der Waals surface area contributed by atoms with Gasteiger partial charge in [-0.3, -0.25) is 4.79 Å². The lowest BCUT2D eigenvalue weighted by Gasteiger charge is -2.04. The van der Waals surface area contributed by atoms with E-state index in [1.807, 2.05) is 25.1 Å². The second-order valence-electron chi connectivity index (χ2n) is 2.92. The molecule has 0 unspecified atom stereocenters. The Morgan fingerprint density at radius 3 is 2.67 bits per heavy atom. The minimum absolute atomic E-state index is 0.0825. The first-order chi connectivity index (χ1) is 5.65. The SMILES string of the molecule is CC(=O)c1cc(C)ccc1CN. The first-order valence-corrected chi connectivity index (χ1v) is 3.95. The Labute approximate surface area is 72.4 Å². The molecule has 12 heavy (non-hydrogen) atoms. The molecule has 0 saturated heterocycles. The average Bonchev–Trinajstić information content (AvgIpc) is 2.04. The second kappa shape index (κ2) is 3.50. The predicted octanol–water partition coefficient (Wildman–Crippen LogP) is 1.66. The summed E-state index contributed by atoms with van der Waals surface area (Å²) in [6.07, 6.45) is 0. The summed E-state index contributed by atoms with van der Waals surface area (Å²) in [5, 5.41) is 0. The van der Waals surface area contributed by atoms with Gasteiger partial charge in [-0.2, -0.15) is 0 Å². The van der Waals surface area contributed by atoms with E-state index in [4.69, 9.17) is 5.73 Å². The number of hydrogen-bond donors (Lipinski definition) is 1. The van der Waals surface area contributed by atoms with E-state index >= 15 is 0 Å². The molecule has 1 aromatic carbocycles. The van der Waals surface area contributed by atoms with Crippen molar-refractivity contribution in [2.24, 2.45) is 5.73 Å². The average molecular weight is 163 g/mol. The highest BCUT2D eigenvalue weighted by atomic mass is 16.1. The molecule has 2 heteroatoms. The summed E-state index contributed by atoms with van der Waals surface area (Å²) in [5.41, 5.74) is 8.25. The molecule has 0 saturated carbocycles. The van der Waals surface area contributed by atoms with Crippen LogP contribution in [0.4, 0.5) is 0 Å². The van der Waals surface area contributed by atoms with Gasteiger partial charge in [0.1, 0.15) is 0 Å². The zero-order valence-electron chi connectivity index (χ0n) is 7.42. The minimum Gasteiger partial charge on any atom is -0.326 e. The highest BCUT2D eigenvalue weighted by Gasteiger charge is 2.04. The molecule has 2 N–H and O–H groups in total. The fraction of sp³-hybridized carbons (Fsp3) is 0.300. The van der Waals surface area contributed by atoms with Gasteiger partial charge in [0.15, 0.2) is 5.78 Å². The van der Waals surface area contributed by atoms with Crippen molar-refractivity contribution in [3.63, 3.8) is 0 Å². The molecule has 0 aromatic heterocycles. The van der Waals surface area contributed by atoms with E-state index in [0.717, 1.165) is 16.7 Å². The maximum Gasteiger partial charge on any atom is 0.160 e. The van der Waals surface area contributed by atoms with E-state index in [1.165, 1.54) is 0 Å². The van der Waals surface area contributed by atoms with Crippen LogP contribution in [0.5, 0.6) is 0 Å². The van der Waals surface area contributed by atoms with Gasteiger partial charge >= 0.3 is 0 Å². The fourth-order valence-corrected chi connectivity index (χ4v) is 1.20. The highest BCUT2D eigenvalue weighted by Crippen LogP contribution is 2.11. The lowest BCUT2D eigenvalue weighted by atomic mass is 10.0. The van der Waals surface area contributed by atoms with Crippen molar-refractivity contribution in [2.75, 3.05) is 0 Å². The number of rotatable bonds is 2. The first kappa shape index (κ1) is 8.94. The van der Waals surface area contributed by atoms with Gasteiger partial charge in [-0.25, -0.2) is 0 Å². The highest BCUT2D eigenvalue weighted by molar-refractivity contribution is 5.95. The lowest BCUT2D eigenvalue weighted by Crippen LogP contribution is -2.05. The summed E-state index contributed by atoms with van der Waals surface area (Å²) in [5.74, 6) is 0.0825. The molecule has 0 aliphatic rings. The second-order valence-corrected chi connectivity index (χ2v) is 2.92. The van der Waals surface area contributed by atoms with Crippen LogP contribution in [0.1, 0.15) is 28.4 Å². The third-order valence-electron chi connectivity index (χ3n) is 1.86. The summed E-state index contributed by atoms with van der Waals surface area (Å²) in [6.45, 7) is 3.95. The normalized spacial score (nSPS) is 9.92. The summed E-state index contributed by atoms with van der Waals surface area (Å²) >= 11 is 0. The van der Waals surface area contributed by atoms with Gasteiger partial charge in [0, 0.05) is 12.1 Å². The molecule has 2 nitrogen and oxygen atoms in total. The van der Waals surface area contributed by atoms with E-state index < -0.39 is 0 Å². The fourth-order valence-electron chi connectivity index (χ4n) is 1.20. The molecule has 0 spiro atoms. The Balaban J connectivity index is 3.21. The molecule has 1 rings (SSSR count). The monoisotopic (exact) mass is 163 g/mol. The summed E-state index contributed by atoms with van der Waals surface area (Å²) in [7, 11) is 0. The van der Waals surface area contributed by atoms with Crippen LogP contribution in [0.15, 0.2) is 18.2 Å². The molecular formula is C10H13NO. The molecule has 0 heterocycles. The Hall–Kier alpha value is -1.15. The van der Waals surface area contributed by atoms with E-state index in [1.54, 1.807) is 6.92 Å². The van der Waals surface area contributed by atoms with E-state index in [0.29, 0.717) is 6.54 Å². The van der Waals surface area contributed by atoms with Crippen LogP contribution >= 0.6 is 0 Å². The van der Waals surface area contributed by atoms with Crippen molar-refractivity contribution in [3.05, 3.63) is 34.9 Å². The number of carbonyl (C=O) groups is 1. The number of benzene rings is 1. The summed E-state index contributed by atoms with van der Waals surface area (Å²) in [6, 6.07) is 5.76. The van der Waals surface area contributed by atoms with Crippen LogP contribution in [0.25, 0.3) is 0 Å². The molecular weight excluding hydrogens is 150 g/mol. The third-order valence-corrected chi connectivity index (χ3v) is 1.86. The van der Waals surface area contributed by atoms with E-state index in [9.17, 15) is 4.79 Å². The zero-order valence-corrected chi connectivity index (χ0v) is 7.42. The van der Waals surface area contributed by atoms with Gasteiger partial charge in [0.2, 0.25) is 0 Å². The standard InChI is InChI=1S/C10H13NO/c1-7-3-4-9(6-11)10(5-7)8(2)12/h3-5H,6,11H2,1-2H3. The van der Waals surface area contributed by atoms with Gasteiger partial charge in [-0.05, 0) is 25.5 Å². The molecule has 1 aromatic rings. The Morgan fingerprint density at radius 2 is 2.17 bits per heavy atom. The van der Waals surface area contributed by atoms with Gasteiger partial charge in [0.05, 0.1) is 0 Å². The van der Waals surface area contributed by atoms with Crippen LogP contribution in [0, 0.1) is 6.92 Å². The zero-order chi connectivity index (χ0) is 9.14. The molecule has 64 valence electrons. The molecule has 0 amide bonds. The maximum atomic E-state index is 11.1. The summed E-state index contributed by atoms with van der Waals surface area (Å²) in [4.78, 5) is 11.1. The van der Waals surface area contributed by atoms with Crippen molar-refractivity contribution in [3.8, 4) is 0 Å². The Bertz CT molecular complexity index is 305. The number of aryl methyl sites for hydroxylation is 1. The van der Waals surface area contributed by atoms with Crippen LogP contribution in [0.3, 0.4) is 0 Å². The van der Waals surface area contributed by atoms with Crippen LogP contribution < -0.4 is 5.73 Å². The third kappa shape index (κ3) is 1.71. The Morgan fingerprint density at radius 1 is 1.50 bits per heavy atom.